The van der Waals surface area contributed by atoms with Gasteiger partial charge >= 0.3 is 0 Å². The molecule has 0 bridgehead atoms. The molecule has 1 aliphatic heterocycles. The van der Waals surface area contributed by atoms with E-state index in [0.29, 0.717) is 12.3 Å². The molecule has 0 aromatic rings. The van der Waals surface area contributed by atoms with Crippen LogP contribution in [0.15, 0.2) is 0 Å². The summed E-state index contributed by atoms with van der Waals surface area (Å²) in [5, 5.41) is 2.73. The third-order valence-corrected chi connectivity index (χ3v) is 3.85. The summed E-state index contributed by atoms with van der Waals surface area (Å²) in [6.07, 6.45) is 2.44. The Morgan fingerprint density at radius 2 is 2.18 bits per heavy atom. The molecule has 17 heavy (non-hydrogen) atoms. The van der Waals surface area contributed by atoms with Crippen LogP contribution in [-0.4, -0.2) is 52.1 Å². The fourth-order valence-electron chi connectivity index (χ4n) is 1.78. The van der Waals surface area contributed by atoms with Crippen molar-refractivity contribution in [3.05, 3.63) is 0 Å². The maximum atomic E-state index is 12.1. The fraction of sp³-hybridized carbons (Fsp3) is 0.818. The number of rotatable bonds is 5. The predicted octanol–water partition coefficient (Wildman–Crippen LogP) is -0.262. The molecule has 0 radical (unpaired) electrons. The van der Waals surface area contributed by atoms with E-state index in [-0.39, 0.29) is 24.3 Å². The van der Waals surface area contributed by atoms with Crippen molar-refractivity contribution in [1.29, 1.82) is 0 Å². The van der Waals surface area contributed by atoms with Crippen LogP contribution in [0.1, 0.15) is 20.3 Å². The number of hydrogen-bond acceptors (Lipinski definition) is 3. The molecule has 1 aliphatic rings. The third kappa shape index (κ3) is 3.80. The number of carbonyl (C=O) groups is 2. The van der Waals surface area contributed by atoms with Crippen LogP contribution >= 0.6 is 0 Å². The van der Waals surface area contributed by atoms with Gasteiger partial charge in [0.25, 0.3) is 0 Å². The summed E-state index contributed by atoms with van der Waals surface area (Å²) in [5.41, 5.74) is 0. The molecule has 1 heterocycles. The molecule has 1 saturated heterocycles. The van der Waals surface area contributed by atoms with Crippen molar-refractivity contribution in [3.8, 4) is 0 Å². The molecule has 6 heteroatoms. The minimum atomic E-state index is -0.943. The van der Waals surface area contributed by atoms with Crippen LogP contribution in [0.4, 0.5) is 0 Å². The lowest BCUT2D eigenvalue weighted by Crippen LogP contribution is -2.60. The summed E-state index contributed by atoms with van der Waals surface area (Å²) in [4.78, 5) is 25.1. The van der Waals surface area contributed by atoms with E-state index in [9.17, 15) is 13.8 Å². The number of hydrogen-bond donors (Lipinski definition) is 1. The van der Waals surface area contributed by atoms with E-state index in [1.807, 2.05) is 13.8 Å². The first-order valence-corrected chi connectivity index (χ1v) is 7.56. The summed E-state index contributed by atoms with van der Waals surface area (Å²) in [6, 6.07) is -0.424. The largest absolute Gasteiger partial charge is 0.342 e. The quantitative estimate of drug-likeness (QED) is 0.740. The Kier molecular flexibility index (Phi) is 5.11. The van der Waals surface area contributed by atoms with Gasteiger partial charge in [-0.1, -0.05) is 20.3 Å². The second-order valence-corrected chi connectivity index (χ2v) is 6.02. The van der Waals surface area contributed by atoms with Crippen LogP contribution in [0.25, 0.3) is 0 Å². The molecule has 1 N–H and O–H groups in total. The van der Waals surface area contributed by atoms with Crippen molar-refractivity contribution < 1.29 is 13.8 Å². The van der Waals surface area contributed by atoms with Gasteiger partial charge in [0.15, 0.2) is 0 Å². The number of amides is 2. The Labute approximate surface area is 104 Å². The van der Waals surface area contributed by atoms with Gasteiger partial charge in [-0.2, -0.15) is 0 Å². The van der Waals surface area contributed by atoms with Gasteiger partial charge in [-0.05, 0) is 5.92 Å². The molecule has 0 aromatic carbocycles. The number of nitrogens with one attached hydrogen (secondary N) is 1. The van der Waals surface area contributed by atoms with Crippen LogP contribution in [0.3, 0.4) is 0 Å². The maximum absolute atomic E-state index is 12.1. The van der Waals surface area contributed by atoms with Gasteiger partial charge in [0.1, 0.15) is 6.04 Å². The average molecular weight is 260 g/mol. The maximum Gasteiger partial charge on any atom is 0.245 e. The molecule has 3 unspecified atom stereocenters. The van der Waals surface area contributed by atoms with E-state index in [1.165, 1.54) is 4.90 Å². The van der Waals surface area contributed by atoms with E-state index < -0.39 is 16.8 Å². The average Bonchev–Trinajstić information content (AvgIpc) is 2.28. The lowest BCUT2D eigenvalue weighted by Gasteiger charge is -2.35. The van der Waals surface area contributed by atoms with Crippen LogP contribution in [0.5, 0.6) is 0 Å². The fourth-order valence-corrected chi connectivity index (χ4v) is 2.26. The molecule has 0 spiro atoms. The van der Waals surface area contributed by atoms with Crippen molar-refractivity contribution >= 4 is 22.6 Å². The van der Waals surface area contributed by atoms with E-state index >= 15 is 0 Å². The molecule has 2 amide bonds. The first-order valence-electron chi connectivity index (χ1n) is 5.83. The number of nitrogens with zero attached hydrogens (tertiary/aromatic N) is 1. The zero-order valence-electron chi connectivity index (χ0n) is 10.6. The highest BCUT2D eigenvalue weighted by Gasteiger charge is 2.35. The normalized spacial score (nSPS) is 24.4. The minimum absolute atomic E-state index is 0.0515. The second kappa shape index (κ2) is 6.14. The molecular weight excluding hydrogens is 240 g/mol. The van der Waals surface area contributed by atoms with Crippen LogP contribution in [0, 0.1) is 5.92 Å². The highest BCUT2D eigenvalue weighted by atomic mass is 32.2. The summed E-state index contributed by atoms with van der Waals surface area (Å²) in [7, 11) is -0.943. The van der Waals surface area contributed by atoms with Gasteiger partial charge < -0.3 is 10.2 Å². The highest BCUT2D eigenvalue weighted by molar-refractivity contribution is 7.84. The molecular formula is C11H20N2O3S. The third-order valence-electron chi connectivity index (χ3n) is 3.09. The van der Waals surface area contributed by atoms with Gasteiger partial charge in [-0.25, -0.2) is 0 Å². The van der Waals surface area contributed by atoms with E-state index in [1.54, 1.807) is 6.26 Å². The van der Waals surface area contributed by atoms with Crippen molar-refractivity contribution in [2.24, 2.45) is 5.92 Å². The predicted molar refractivity (Wildman–Crippen MR) is 66.9 cm³/mol. The summed E-state index contributed by atoms with van der Waals surface area (Å²) in [6.45, 7) is 4.42. The molecule has 3 atom stereocenters. The molecule has 0 aromatic heterocycles. The monoisotopic (exact) mass is 260 g/mol. The molecule has 5 nitrogen and oxygen atoms in total. The van der Waals surface area contributed by atoms with Crippen LogP contribution in [-0.2, 0) is 20.4 Å². The Morgan fingerprint density at radius 1 is 1.53 bits per heavy atom. The first kappa shape index (κ1) is 14.2. The number of carbonyl (C=O) groups excluding carboxylic acids is 2. The molecule has 0 saturated carbocycles. The summed E-state index contributed by atoms with van der Waals surface area (Å²) in [5.74, 6) is 0.370. The second-order valence-electron chi connectivity index (χ2n) is 4.47. The van der Waals surface area contributed by atoms with E-state index in [4.69, 9.17) is 0 Å². The lowest BCUT2D eigenvalue weighted by atomic mass is 9.96. The summed E-state index contributed by atoms with van der Waals surface area (Å²) >= 11 is 0. The smallest absolute Gasteiger partial charge is 0.245 e. The summed E-state index contributed by atoms with van der Waals surface area (Å²) < 4.78 is 11.0. The molecule has 1 fully saturated rings. The van der Waals surface area contributed by atoms with Gasteiger partial charge in [-0.3, -0.25) is 13.8 Å². The van der Waals surface area contributed by atoms with Crippen molar-refractivity contribution in [2.75, 3.05) is 25.1 Å². The molecule has 0 aliphatic carbocycles. The van der Waals surface area contributed by atoms with E-state index in [0.717, 1.165) is 6.42 Å². The van der Waals surface area contributed by atoms with Crippen molar-refractivity contribution in [2.45, 2.75) is 26.3 Å². The SMILES string of the molecule is CCC(C)C1NC(=O)CN(CCS(C)=O)C1=O. The van der Waals surface area contributed by atoms with Gasteiger partial charge in [0, 0.05) is 29.4 Å². The topological polar surface area (TPSA) is 66.5 Å². The van der Waals surface area contributed by atoms with Crippen LogP contribution in [0.2, 0.25) is 0 Å². The first-order chi connectivity index (χ1) is 7.95. The van der Waals surface area contributed by atoms with Crippen molar-refractivity contribution in [3.63, 3.8) is 0 Å². The Balaban J connectivity index is 2.68. The van der Waals surface area contributed by atoms with Gasteiger partial charge in [-0.15, -0.1) is 0 Å². The lowest BCUT2D eigenvalue weighted by molar-refractivity contribution is -0.145. The molecule has 1 rings (SSSR count). The Morgan fingerprint density at radius 3 is 2.71 bits per heavy atom. The van der Waals surface area contributed by atoms with Gasteiger partial charge in [0.2, 0.25) is 11.8 Å². The minimum Gasteiger partial charge on any atom is -0.342 e. The van der Waals surface area contributed by atoms with Crippen molar-refractivity contribution in [1.82, 2.24) is 10.2 Å². The Bertz CT molecular complexity index is 333. The van der Waals surface area contributed by atoms with Crippen LogP contribution < -0.4 is 5.32 Å². The van der Waals surface area contributed by atoms with Gasteiger partial charge in [0.05, 0.1) is 6.54 Å². The Hall–Kier alpha value is -0.910. The molecule has 98 valence electrons. The standard InChI is InChI=1S/C11H20N2O3S/c1-4-8(2)10-11(15)13(5-6-17(3)16)7-9(14)12-10/h8,10H,4-7H2,1-3H3,(H,12,14). The zero-order valence-corrected chi connectivity index (χ0v) is 11.4. The highest BCUT2D eigenvalue weighted by Crippen LogP contribution is 2.14. The van der Waals surface area contributed by atoms with E-state index in [2.05, 4.69) is 5.32 Å². The zero-order chi connectivity index (χ0) is 13.0. The number of piperazine rings is 1.